The molecule has 1 aromatic heterocycles. The molecule has 25 heavy (non-hydrogen) atoms. The van der Waals surface area contributed by atoms with Crippen LogP contribution >= 0.6 is 0 Å². The summed E-state index contributed by atoms with van der Waals surface area (Å²) in [6.45, 7) is 7.10. The summed E-state index contributed by atoms with van der Waals surface area (Å²) >= 11 is 0. The van der Waals surface area contributed by atoms with Crippen LogP contribution in [0.1, 0.15) is 38.1 Å². The second-order valence-corrected chi connectivity index (χ2v) is 6.02. The largest absolute Gasteiger partial charge is 0.711 e. The van der Waals surface area contributed by atoms with Gasteiger partial charge >= 0.3 is 0 Å². The van der Waals surface area contributed by atoms with Crippen LogP contribution in [0.2, 0.25) is 0 Å². The van der Waals surface area contributed by atoms with E-state index in [-0.39, 0.29) is 23.6 Å². The summed E-state index contributed by atoms with van der Waals surface area (Å²) in [5, 5.41) is 11.3. The summed E-state index contributed by atoms with van der Waals surface area (Å²) in [7, 11) is 0. The maximum absolute atomic E-state index is 14.4. The molecule has 2 aromatic rings. The molecule has 0 spiro atoms. The average Bonchev–Trinajstić information content (AvgIpc) is 2.50. The van der Waals surface area contributed by atoms with Crippen molar-refractivity contribution in [3.8, 4) is 11.5 Å². The number of hydrogen-bond acceptors (Lipinski definition) is 4. The number of aromatic nitrogens is 2. The van der Waals surface area contributed by atoms with E-state index in [1.807, 2.05) is 0 Å². The van der Waals surface area contributed by atoms with E-state index >= 15 is 0 Å². The van der Waals surface area contributed by atoms with Crippen LogP contribution in [0.5, 0.6) is 11.5 Å². The van der Waals surface area contributed by atoms with E-state index in [9.17, 15) is 18.8 Å². The second-order valence-electron chi connectivity index (χ2n) is 6.02. The van der Waals surface area contributed by atoms with Gasteiger partial charge in [-0.25, -0.2) is 13.5 Å². The quantitative estimate of drug-likeness (QED) is 0.613. The van der Waals surface area contributed by atoms with Crippen molar-refractivity contribution in [1.82, 2.24) is 9.88 Å². The monoisotopic (exact) mass is 351 g/mol. The number of nitrogens with zero attached hydrogens (tertiary/aromatic N) is 3. The zero-order chi connectivity index (χ0) is 18.7. The third kappa shape index (κ3) is 4.01. The van der Waals surface area contributed by atoms with E-state index < -0.39 is 23.1 Å². The van der Waals surface area contributed by atoms with E-state index in [1.54, 1.807) is 27.7 Å². The van der Waals surface area contributed by atoms with Gasteiger partial charge in [0.15, 0.2) is 17.8 Å². The normalized spacial score (nSPS) is 11.0. The van der Waals surface area contributed by atoms with Crippen LogP contribution in [-0.4, -0.2) is 27.9 Å². The van der Waals surface area contributed by atoms with Crippen molar-refractivity contribution in [2.45, 2.75) is 39.8 Å². The topological polar surface area (TPSA) is 69.4 Å². The molecule has 0 aliphatic carbocycles. The lowest BCUT2D eigenvalue weighted by atomic mass is 10.1. The Balaban J connectivity index is 2.52. The van der Waals surface area contributed by atoms with Gasteiger partial charge in [0.1, 0.15) is 17.5 Å². The van der Waals surface area contributed by atoms with Crippen LogP contribution in [0.15, 0.2) is 30.9 Å². The number of carbonyl (C=O) groups is 1. The molecule has 134 valence electrons. The zero-order valence-electron chi connectivity index (χ0n) is 14.4. The number of halogens is 2. The van der Waals surface area contributed by atoms with Gasteiger partial charge in [0.25, 0.3) is 12.2 Å². The van der Waals surface area contributed by atoms with Crippen LogP contribution in [0, 0.1) is 16.8 Å². The fourth-order valence-corrected chi connectivity index (χ4v) is 2.56. The molecule has 1 heterocycles. The number of hydrogen-bond donors (Lipinski definition) is 0. The van der Waals surface area contributed by atoms with Crippen LogP contribution in [0.25, 0.3) is 0 Å². The highest BCUT2D eigenvalue weighted by molar-refractivity contribution is 5.97. The molecule has 1 aromatic carbocycles. The summed E-state index contributed by atoms with van der Waals surface area (Å²) in [6, 6.07) is 1.54. The van der Waals surface area contributed by atoms with Gasteiger partial charge in [-0.15, -0.1) is 0 Å². The molecular weight excluding hydrogens is 332 g/mol. The summed E-state index contributed by atoms with van der Waals surface area (Å²) in [5.41, 5.74) is -0.524. The van der Waals surface area contributed by atoms with Crippen molar-refractivity contribution in [2.24, 2.45) is 0 Å². The number of benzene rings is 1. The van der Waals surface area contributed by atoms with Gasteiger partial charge in [0.2, 0.25) is 5.75 Å². The zero-order valence-corrected chi connectivity index (χ0v) is 14.4. The fourth-order valence-electron chi connectivity index (χ4n) is 2.56. The molecule has 6 nitrogen and oxygen atoms in total. The molecule has 0 radical (unpaired) electrons. The first-order valence-corrected chi connectivity index (χ1v) is 7.74. The highest BCUT2D eigenvalue weighted by Gasteiger charge is 2.29. The smallest absolute Gasteiger partial charge is 0.289 e. The molecular formula is C17H19F2N3O3. The standard InChI is InChI=1S/C17H19F2N3O3/c1-10(2)22(11(3)4)17(23)15-14(6-5-13(18)16(15)19)25-12-7-20-9-21(24)8-12/h5-11H,1-4H3. The lowest BCUT2D eigenvalue weighted by Crippen LogP contribution is -2.42. The molecule has 2 rings (SSSR count). The number of rotatable bonds is 5. The number of carbonyl (C=O) groups excluding carboxylic acids is 1. The van der Waals surface area contributed by atoms with E-state index in [1.165, 1.54) is 11.1 Å². The van der Waals surface area contributed by atoms with Crippen molar-refractivity contribution in [3.05, 3.63) is 53.3 Å². The van der Waals surface area contributed by atoms with Gasteiger partial charge in [0.05, 0.1) is 0 Å². The SMILES string of the molecule is CC(C)N(C(=O)c1c(Oc2cnc[n+]([O-])c2)ccc(F)c1F)C(C)C. The number of ether oxygens (including phenoxy) is 1. The molecule has 0 aliphatic heterocycles. The summed E-state index contributed by atoms with van der Waals surface area (Å²) in [6.07, 6.45) is 3.29. The molecule has 0 saturated heterocycles. The van der Waals surface area contributed by atoms with Crippen molar-refractivity contribution in [3.63, 3.8) is 0 Å². The molecule has 0 fully saturated rings. The molecule has 1 amide bonds. The third-order valence-electron chi connectivity index (χ3n) is 3.48. The Morgan fingerprint density at radius 2 is 1.88 bits per heavy atom. The van der Waals surface area contributed by atoms with Gasteiger partial charge in [0, 0.05) is 12.1 Å². The van der Waals surface area contributed by atoms with Gasteiger partial charge in [-0.3, -0.25) is 4.79 Å². The van der Waals surface area contributed by atoms with Crippen molar-refractivity contribution in [1.29, 1.82) is 0 Å². The molecule has 0 atom stereocenters. The van der Waals surface area contributed by atoms with Crippen molar-refractivity contribution < 1.29 is 23.0 Å². The van der Waals surface area contributed by atoms with Crippen LogP contribution in [-0.2, 0) is 0 Å². The van der Waals surface area contributed by atoms with Crippen LogP contribution < -0.4 is 9.47 Å². The van der Waals surface area contributed by atoms with E-state index in [0.29, 0.717) is 4.73 Å². The molecule has 0 N–H and O–H groups in total. The van der Waals surface area contributed by atoms with E-state index in [0.717, 1.165) is 24.7 Å². The van der Waals surface area contributed by atoms with Crippen molar-refractivity contribution >= 4 is 5.91 Å². The molecule has 0 saturated carbocycles. The Kier molecular flexibility index (Phi) is 5.51. The van der Waals surface area contributed by atoms with Gasteiger partial charge in [-0.05, 0) is 39.8 Å². The highest BCUT2D eigenvalue weighted by atomic mass is 19.2. The van der Waals surface area contributed by atoms with E-state index in [2.05, 4.69) is 4.98 Å². The first-order valence-electron chi connectivity index (χ1n) is 7.74. The first kappa shape index (κ1) is 18.6. The third-order valence-corrected chi connectivity index (χ3v) is 3.48. The van der Waals surface area contributed by atoms with Gasteiger partial charge in [-0.1, -0.05) is 4.98 Å². The summed E-state index contributed by atoms with van der Waals surface area (Å²) in [4.78, 5) is 17.9. The minimum Gasteiger partial charge on any atom is -0.711 e. The maximum Gasteiger partial charge on any atom is 0.289 e. The lowest BCUT2D eigenvalue weighted by Gasteiger charge is -2.31. The fraction of sp³-hybridized carbons (Fsp3) is 0.353. The second kappa shape index (κ2) is 7.42. The molecule has 0 unspecified atom stereocenters. The summed E-state index contributed by atoms with van der Waals surface area (Å²) in [5.74, 6) is -3.35. The van der Waals surface area contributed by atoms with Crippen LogP contribution in [0.4, 0.5) is 8.78 Å². The Morgan fingerprint density at radius 1 is 1.24 bits per heavy atom. The molecule has 0 aliphatic rings. The first-order chi connectivity index (χ1) is 11.7. The van der Waals surface area contributed by atoms with Gasteiger partial charge < -0.3 is 14.8 Å². The molecule has 0 bridgehead atoms. The highest BCUT2D eigenvalue weighted by Crippen LogP contribution is 2.30. The molecule has 8 heteroatoms. The van der Waals surface area contributed by atoms with Crippen LogP contribution in [0.3, 0.4) is 0 Å². The Bertz CT molecular complexity index is 774. The predicted octanol–water partition coefficient (Wildman–Crippen LogP) is 3.04. The van der Waals surface area contributed by atoms with Crippen molar-refractivity contribution in [2.75, 3.05) is 0 Å². The Labute approximate surface area is 144 Å². The summed E-state index contributed by atoms with van der Waals surface area (Å²) < 4.78 is 33.9. The average molecular weight is 351 g/mol. The minimum absolute atomic E-state index is 0.00166. The van der Waals surface area contributed by atoms with E-state index in [4.69, 9.17) is 4.74 Å². The van der Waals surface area contributed by atoms with Gasteiger partial charge in [-0.2, -0.15) is 0 Å². The minimum atomic E-state index is -1.30. The number of amides is 1. The predicted molar refractivity (Wildman–Crippen MR) is 86.1 cm³/mol. The Hall–Kier alpha value is -2.77. The maximum atomic E-state index is 14.4. The lowest BCUT2D eigenvalue weighted by molar-refractivity contribution is -0.609. The Morgan fingerprint density at radius 3 is 2.44 bits per heavy atom.